The molecule has 156 valence electrons. The second-order valence-corrected chi connectivity index (χ2v) is 7.46. The van der Waals surface area contributed by atoms with Crippen LogP contribution in [0.4, 0.5) is 0 Å². The van der Waals surface area contributed by atoms with Crippen molar-refractivity contribution in [1.29, 1.82) is 0 Å². The minimum Gasteiger partial charge on any atom is -0.493 e. The summed E-state index contributed by atoms with van der Waals surface area (Å²) in [6.07, 6.45) is 2.06. The molecule has 0 spiro atoms. The van der Waals surface area contributed by atoms with Gasteiger partial charge in [0.2, 0.25) is 0 Å². The third-order valence-corrected chi connectivity index (χ3v) is 5.52. The van der Waals surface area contributed by atoms with Gasteiger partial charge in [-0.15, -0.1) is 0 Å². The van der Waals surface area contributed by atoms with Gasteiger partial charge in [0.05, 0.1) is 43.1 Å². The predicted octanol–water partition coefficient (Wildman–Crippen LogP) is 4.22. The lowest BCUT2D eigenvalue weighted by atomic mass is 10.0. The van der Waals surface area contributed by atoms with Gasteiger partial charge in [0.1, 0.15) is 0 Å². The number of pyridine rings is 1. The maximum Gasteiger partial charge on any atom is 0.252 e. The minimum atomic E-state index is -0.127. The zero-order valence-corrected chi connectivity index (χ0v) is 17.5. The number of amides is 1. The second kappa shape index (κ2) is 8.71. The molecule has 3 aromatic rings. The summed E-state index contributed by atoms with van der Waals surface area (Å²) in [6.45, 7) is 2.75. The maximum absolute atomic E-state index is 13.2. The van der Waals surface area contributed by atoms with Crippen molar-refractivity contribution in [2.24, 2.45) is 0 Å². The zero-order chi connectivity index (χ0) is 21.1. The molecule has 6 nitrogen and oxygen atoms in total. The summed E-state index contributed by atoms with van der Waals surface area (Å²) in [4.78, 5) is 18.0. The van der Waals surface area contributed by atoms with Crippen molar-refractivity contribution in [2.45, 2.75) is 31.9 Å². The van der Waals surface area contributed by atoms with E-state index >= 15 is 0 Å². The Labute approximate surface area is 176 Å². The monoisotopic (exact) mass is 406 g/mol. The average molecular weight is 406 g/mol. The van der Waals surface area contributed by atoms with Crippen molar-refractivity contribution in [3.8, 4) is 22.8 Å². The van der Waals surface area contributed by atoms with E-state index in [1.165, 1.54) is 0 Å². The highest BCUT2D eigenvalue weighted by Crippen LogP contribution is 2.33. The Morgan fingerprint density at radius 1 is 1.13 bits per heavy atom. The fourth-order valence-electron chi connectivity index (χ4n) is 3.88. The maximum atomic E-state index is 13.2. The molecule has 1 aliphatic heterocycles. The summed E-state index contributed by atoms with van der Waals surface area (Å²) in [5.41, 5.74) is 2.90. The highest BCUT2D eigenvalue weighted by Gasteiger charge is 2.25. The van der Waals surface area contributed by atoms with Crippen LogP contribution in [0, 0.1) is 0 Å². The van der Waals surface area contributed by atoms with Gasteiger partial charge in [-0.1, -0.05) is 18.2 Å². The first-order chi connectivity index (χ1) is 14.6. The van der Waals surface area contributed by atoms with Gasteiger partial charge in [0, 0.05) is 17.6 Å². The number of hydrogen-bond acceptors (Lipinski definition) is 5. The van der Waals surface area contributed by atoms with Crippen molar-refractivity contribution < 1.29 is 19.0 Å². The predicted molar refractivity (Wildman–Crippen MR) is 116 cm³/mol. The fourth-order valence-corrected chi connectivity index (χ4v) is 3.88. The second-order valence-electron chi connectivity index (χ2n) is 7.46. The molecule has 2 aromatic carbocycles. The first-order valence-electron chi connectivity index (χ1n) is 10.2. The third-order valence-electron chi connectivity index (χ3n) is 5.52. The molecule has 2 heterocycles. The van der Waals surface area contributed by atoms with Crippen LogP contribution in [0.5, 0.6) is 11.5 Å². The molecular formula is C24H26N2O4. The van der Waals surface area contributed by atoms with E-state index in [1.807, 2.05) is 55.5 Å². The topological polar surface area (TPSA) is 69.7 Å². The van der Waals surface area contributed by atoms with Gasteiger partial charge >= 0.3 is 0 Å². The highest BCUT2D eigenvalue weighted by molar-refractivity contribution is 6.07. The Balaban J connectivity index is 1.73. The summed E-state index contributed by atoms with van der Waals surface area (Å²) in [5.74, 6) is 1.13. The number of nitrogens with one attached hydrogen (secondary N) is 1. The molecule has 1 aliphatic rings. The Morgan fingerprint density at radius 2 is 1.93 bits per heavy atom. The summed E-state index contributed by atoms with van der Waals surface area (Å²) in [7, 11) is 3.20. The summed E-state index contributed by atoms with van der Waals surface area (Å²) in [5, 5.41) is 3.93. The fraction of sp³-hybridized carbons (Fsp3) is 0.333. The van der Waals surface area contributed by atoms with E-state index in [9.17, 15) is 4.79 Å². The molecule has 1 amide bonds. The van der Waals surface area contributed by atoms with Crippen molar-refractivity contribution in [3.05, 3.63) is 54.1 Å². The Bertz CT molecular complexity index is 1060. The lowest BCUT2D eigenvalue weighted by Gasteiger charge is -2.20. The van der Waals surface area contributed by atoms with Crippen LogP contribution in [-0.4, -0.2) is 43.9 Å². The van der Waals surface area contributed by atoms with Crippen LogP contribution in [0.1, 0.15) is 30.1 Å². The van der Waals surface area contributed by atoms with Crippen LogP contribution in [-0.2, 0) is 4.74 Å². The van der Waals surface area contributed by atoms with E-state index in [0.29, 0.717) is 22.8 Å². The van der Waals surface area contributed by atoms with Gasteiger partial charge in [0.15, 0.2) is 11.5 Å². The summed E-state index contributed by atoms with van der Waals surface area (Å²) < 4.78 is 16.5. The van der Waals surface area contributed by atoms with E-state index in [2.05, 4.69) is 5.32 Å². The number of para-hydroxylation sites is 1. The van der Waals surface area contributed by atoms with Crippen LogP contribution >= 0.6 is 0 Å². The van der Waals surface area contributed by atoms with E-state index < -0.39 is 0 Å². The number of benzene rings is 2. The van der Waals surface area contributed by atoms with E-state index in [1.54, 1.807) is 14.2 Å². The Morgan fingerprint density at radius 3 is 2.67 bits per heavy atom. The molecule has 1 aromatic heterocycles. The number of ether oxygens (including phenoxy) is 3. The van der Waals surface area contributed by atoms with Gasteiger partial charge in [-0.3, -0.25) is 4.79 Å². The lowest BCUT2D eigenvalue weighted by molar-refractivity contribution is 0.0713. The van der Waals surface area contributed by atoms with E-state index in [-0.39, 0.29) is 18.1 Å². The molecule has 0 aliphatic carbocycles. The molecule has 6 heteroatoms. The van der Waals surface area contributed by atoms with Crippen molar-refractivity contribution in [1.82, 2.24) is 10.3 Å². The molecule has 0 saturated carbocycles. The van der Waals surface area contributed by atoms with Crippen molar-refractivity contribution >= 4 is 16.8 Å². The molecule has 1 N–H and O–H groups in total. The molecule has 1 saturated heterocycles. The van der Waals surface area contributed by atoms with Crippen molar-refractivity contribution in [3.63, 3.8) is 0 Å². The Hall–Kier alpha value is -3.12. The van der Waals surface area contributed by atoms with Crippen LogP contribution in [0.15, 0.2) is 48.5 Å². The van der Waals surface area contributed by atoms with Gasteiger partial charge < -0.3 is 19.5 Å². The number of methoxy groups -OCH3 is 2. The normalized spacial score (nSPS) is 17.0. The van der Waals surface area contributed by atoms with Gasteiger partial charge in [0.25, 0.3) is 5.91 Å². The first kappa shape index (κ1) is 20.2. The highest BCUT2D eigenvalue weighted by atomic mass is 16.5. The number of aromatic nitrogens is 1. The number of fused-ring (bicyclic) bond motifs is 1. The van der Waals surface area contributed by atoms with Crippen LogP contribution in [0.25, 0.3) is 22.2 Å². The standard InChI is InChI=1S/C24H26N2O4/c1-15(21-9-6-12-30-21)25-24(27)18-14-20(26-19-8-5-4-7-17(18)19)16-10-11-22(28-2)23(13-16)29-3/h4-5,7-8,10-11,13-15,21H,6,9,12H2,1-3H3,(H,25,27). The zero-order valence-electron chi connectivity index (χ0n) is 17.5. The van der Waals surface area contributed by atoms with Crippen LogP contribution in [0.3, 0.4) is 0 Å². The van der Waals surface area contributed by atoms with Crippen molar-refractivity contribution in [2.75, 3.05) is 20.8 Å². The molecular weight excluding hydrogens is 380 g/mol. The smallest absolute Gasteiger partial charge is 0.252 e. The molecule has 2 atom stereocenters. The molecule has 30 heavy (non-hydrogen) atoms. The number of hydrogen-bond donors (Lipinski definition) is 1. The first-order valence-corrected chi connectivity index (χ1v) is 10.2. The minimum absolute atomic E-state index is 0.0588. The third kappa shape index (κ3) is 3.96. The van der Waals surface area contributed by atoms with Crippen LogP contribution < -0.4 is 14.8 Å². The van der Waals surface area contributed by atoms with Gasteiger partial charge in [-0.2, -0.15) is 0 Å². The summed E-state index contributed by atoms with van der Waals surface area (Å²) in [6, 6.07) is 15.1. The SMILES string of the molecule is COc1ccc(-c2cc(C(=O)NC(C)C3CCCO3)c3ccccc3n2)cc1OC. The van der Waals surface area contributed by atoms with E-state index in [0.717, 1.165) is 35.9 Å². The van der Waals surface area contributed by atoms with Crippen LogP contribution in [0.2, 0.25) is 0 Å². The average Bonchev–Trinajstić information content (AvgIpc) is 3.33. The quantitative estimate of drug-likeness (QED) is 0.664. The number of carbonyl (C=O) groups is 1. The Kier molecular flexibility index (Phi) is 5.86. The molecule has 2 unspecified atom stereocenters. The number of rotatable bonds is 6. The summed E-state index contributed by atoms with van der Waals surface area (Å²) >= 11 is 0. The van der Waals surface area contributed by atoms with Gasteiger partial charge in [-0.25, -0.2) is 4.98 Å². The molecule has 4 rings (SSSR count). The molecule has 0 bridgehead atoms. The molecule has 0 radical (unpaired) electrons. The largest absolute Gasteiger partial charge is 0.493 e. The number of carbonyl (C=O) groups excluding carboxylic acids is 1. The lowest BCUT2D eigenvalue weighted by Crippen LogP contribution is -2.40. The van der Waals surface area contributed by atoms with Gasteiger partial charge in [-0.05, 0) is 50.1 Å². The van der Waals surface area contributed by atoms with E-state index in [4.69, 9.17) is 19.2 Å². The molecule has 1 fully saturated rings. The number of nitrogens with zero attached hydrogens (tertiary/aromatic N) is 1.